The summed E-state index contributed by atoms with van der Waals surface area (Å²) in [5, 5.41) is 1.23. The molecule has 0 aliphatic rings. The van der Waals surface area contributed by atoms with E-state index in [0.29, 0.717) is 0 Å². The summed E-state index contributed by atoms with van der Waals surface area (Å²) in [4.78, 5) is 7.75. The van der Waals surface area contributed by atoms with Gasteiger partial charge in [0.15, 0.2) is 0 Å². The van der Waals surface area contributed by atoms with Crippen molar-refractivity contribution in [2.24, 2.45) is 0 Å². The summed E-state index contributed by atoms with van der Waals surface area (Å²) in [6.45, 7) is 6.67. The van der Waals surface area contributed by atoms with Crippen molar-refractivity contribution in [3.8, 4) is 11.3 Å². The van der Waals surface area contributed by atoms with Gasteiger partial charge in [0.2, 0.25) is 0 Å². The monoisotopic (exact) mass is 250 g/mol. The Labute approximate surface area is 113 Å². The second-order valence-electron chi connectivity index (χ2n) is 5.96. The average Bonchev–Trinajstić information content (AvgIpc) is 2.85. The lowest BCUT2D eigenvalue weighted by Gasteiger charge is -2.19. The molecule has 2 nitrogen and oxygen atoms in total. The lowest BCUT2D eigenvalue weighted by molar-refractivity contribution is 0.589. The van der Waals surface area contributed by atoms with Gasteiger partial charge in [0.1, 0.15) is 0 Å². The third kappa shape index (κ3) is 2.26. The number of hydrogen-bond acceptors (Lipinski definition) is 1. The fraction of sp³-hybridized carbons (Fsp3) is 0.235. The molecule has 2 heterocycles. The molecule has 19 heavy (non-hydrogen) atoms. The summed E-state index contributed by atoms with van der Waals surface area (Å²) < 4.78 is 0. The Hall–Kier alpha value is -2.09. The Morgan fingerprint density at radius 1 is 1.00 bits per heavy atom. The summed E-state index contributed by atoms with van der Waals surface area (Å²) in [5.74, 6) is 0. The number of nitrogens with zero attached hydrogens (tertiary/aromatic N) is 1. The van der Waals surface area contributed by atoms with Gasteiger partial charge in [0.25, 0.3) is 0 Å². The second-order valence-corrected chi connectivity index (χ2v) is 5.96. The zero-order chi connectivity index (χ0) is 13.5. The summed E-state index contributed by atoms with van der Waals surface area (Å²) >= 11 is 0. The van der Waals surface area contributed by atoms with E-state index in [9.17, 15) is 0 Å². The van der Waals surface area contributed by atoms with Crippen LogP contribution < -0.4 is 0 Å². The van der Waals surface area contributed by atoms with Gasteiger partial charge in [-0.15, -0.1) is 0 Å². The minimum absolute atomic E-state index is 0.147. The van der Waals surface area contributed by atoms with Gasteiger partial charge in [-0.1, -0.05) is 32.9 Å². The molecule has 0 saturated heterocycles. The van der Waals surface area contributed by atoms with Crippen LogP contribution in [0, 0.1) is 0 Å². The van der Waals surface area contributed by atoms with Gasteiger partial charge in [-0.3, -0.25) is 4.98 Å². The summed E-state index contributed by atoms with van der Waals surface area (Å²) in [7, 11) is 0. The molecule has 0 aliphatic heterocycles. The topological polar surface area (TPSA) is 28.7 Å². The zero-order valence-corrected chi connectivity index (χ0v) is 11.6. The van der Waals surface area contributed by atoms with E-state index in [2.05, 4.69) is 67.1 Å². The first-order valence-electron chi connectivity index (χ1n) is 6.58. The quantitative estimate of drug-likeness (QED) is 0.675. The second kappa shape index (κ2) is 4.23. The number of aromatic amines is 1. The van der Waals surface area contributed by atoms with Gasteiger partial charge in [-0.2, -0.15) is 0 Å². The molecule has 0 radical (unpaired) electrons. The highest BCUT2D eigenvalue weighted by Gasteiger charge is 2.14. The lowest BCUT2D eigenvalue weighted by atomic mass is 9.87. The number of H-pyrrole nitrogens is 1. The largest absolute Gasteiger partial charge is 0.361 e. The highest BCUT2D eigenvalue weighted by atomic mass is 14.7. The van der Waals surface area contributed by atoms with Gasteiger partial charge in [-0.25, -0.2) is 0 Å². The maximum absolute atomic E-state index is 4.50. The molecule has 0 aliphatic carbocycles. The van der Waals surface area contributed by atoms with Crippen molar-refractivity contribution < 1.29 is 0 Å². The number of nitrogens with one attached hydrogen (secondary N) is 1. The number of pyridine rings is 1. The Balaban J connectivity index is 2.10. The molecule has 0 fully saturated rings. The molecular formula is C17H18N2. The predicted molar refractivity (Wildman–Crippen MR) is 80.2 cm³/mol. The average molecular weight is 250 g/mol. The van der Waals surface area contributed by atoms with Crippen LogP contribution in [0.25, 0.3) is 22.2 Å². The van der Waals surface area contributed by atoms with Crippen LogP contribution in [0.15, 0.2) is 48.8 Å². The van der Waals surface area contributed by atoms with Crippen LogP contribution in [0.2, 0.25) is 0 Å². The Bertz CT molecular complexity index is 717. The van der Waals surface area contributed by atoms with Gasteiger partial charge < -0.3 is 4.98 Å². The van der Waals surface area contributed by atoms with Gasteiger partial charge >= 0.3 is 0 Å². The van der Waals surface area contributed by atoms with Crippen molar-refractivity contribution in [1.29, 1.82) is 0 Å². The maximum Gasteiger partial charge on any atom is 0.0705 e. The number of aromatic nitrogens is 2. The van der Waals surface area contributed by atoms with Gasteiger partial charge in [-0.05, 0) is 40.6 Å². The van der Waals surface area contributed by atoms with Crippen LogP contribution in [0.1, 0.15) is 26.3 Å². The Morgan fingerprint density at radius 3 is 2.63 bits per heavy atom. The molecule has 0 atom stereocenters. The first-order valence-corrected chi connectivity index (χ1v) is 6.58. The molecule has 0 spiro atoms. The van der Waals surface area contributed by atoms with Crippen LogP contribution in [-0.2, 0) is 5.41 Å². The van der Waals surface area contributed by atoms with E-state index in [1.165, 1.54) is 10.9 Å². The molecule has 3 rings (SSSR count). The smallest absolute Gasteiger partial charge is 0.0705 e. The molecule has 2 heteroatoms. The Kier molecular flexibility index (Phi) is 2.67. The number of hydrogen-bond donors (Lipinski definition) is 1. The van der Waals surface area contributed by atoms with Crippen molar-refractivity contribution in [1.82, 2.24) is 9.97 Å². The molecule has 0 bridgehead atoms. The normalized spacial score (nSPS) is 11.9. The third-order valence-electron chi connectivity index (χ3n) is 3.48. The standard InChI is InChI=1S/C17H18N2/c1-17(2,3)14-7-9-19-16(11-14)13-5-4-12-6-8-18-15(12)10-13/h4-11,18H,1-3H3. The lowest BCUT2D eigenvalue weighted by Crippen LogP contribution is -2.11. The SMILES string of the molecule is CC(C)(C)c1ccnc(-c2ccc3cc[nH]c3c2)c1. The minimum atomic E-state index is 0.147. The highest BCUT2D eigenvalue weighted by molar-refractivity contribution is 5.84. The summed E-state index contributed by atoms with van der Waals surface area (Å²) in [6, 6.07) is 12.8. The minimum Gasteiger partial charge on any atom is -0.361 e. The molecule has 0 unspecified atom stereocenters. The van der Waals surface area contributed by atoms with E-state index < -0.39 is 0 Å². The number of benzene rings is 1. The fourth-order valence-corrected chi connectivity index (χ4v) is 2.26. The van der Waals surface area contributed by atoms with Crippen molar-refractivity contribution >= 4 is 10.9 Å². The molecule has 96 valence electrons. The maximum atomic E-state index is 4.50. The van der Waals surface area contributed by atoms with E-state index in [0.717, 1.165) is 16.8 Å². The van der Waals surface area contributed by atoms with Crippen LogP contribution in [0.4, 0.5) is 0 Å². The first-order chi connectivity index (χ1) is 9.04. The summed E-state index contributed by atoms with van der Waals surface area (Å²) in [6.07, 6.45) is 3.86. The van der Waals surface area contributed by atoms with E-state index in [1.807, 2.05) is 12.4 Å². The van der Waals surface area contributed by atoms with E-state index in [1.54, 1.807) is 0 Å². The van der Waals surface area contributed by atoms with Gasteiger partial charge in [0.05, 0.1) is 5.69 Å². The van der Waals surface area contributed by atoms with Crippen LogP contribution in [-0.4, -0.2) is 9.97 Å². The molecule has 2 aromatic heterocycles. The van der Waals surface area contributed by atoms with E-state index in [-0.39, 0.29) is 5.41 Å². The predicted octanol–water partition coefficient (Wildman–Crippen LogP) is 4.53. The van der Waals surface area contributed by atoms with Crippen molar-refractivity contribution in [2.75, 3.05) is 0 Å². The molecular weight excluding hydrogens is 232 g/mol. The fourth-order valence-electron chi connectivity index (χ4n) is 2.26. The molecule has 0 saturated carbocycles. The molecule has 1 aromatic carbocycles. The van der Waals surface area contributed by atoms with Crippen LogP contribution in [0.5, 0.6) is 0 Å². The zero-order valence-electron chi connectivity index (χ0n) is 11.6. The van der Waals surface area contributed by atoms with Gasteiger partial charge in [0, 0.05) is 23.5 Å². The highest BCUT2D eigenvalue weighted by Crippen LogP contribution is 2.27. The van der Waals surface area contributed by atoms with Crippen molar-refractivity contribution in [3.05, 3.63) is 54.4 Å². The first kappa shape index (κ1) is 12.0. The molecule has 3 aromatic rings. The third-order valence-corrected chi connectivity index (χ3v) is 3.48. The van der Waals surface area contributed by atoms with E-state index in [4.69, 9.17) is 0 Å². The number of fused-ring (bicyclic) bond motifs is 1. The van der Waals surface area contributed by atoms with E-state index >= 15 is 0 Å². The van der Waals surface area contributed by atoms with Crippen LogP contribution >= 0.6 is 0 Å². The van der Waals surface area contributed by atoms with Crippen LogP contribution in [0.3, 0.4) is 0 Å². The van der Waals surface area contributed by atoms with Crippen molar-refractivity contribution in [3.63, 3.8) is 0 Å². The summed E-state index contributed by atoms with van der Waals surface area (Å²) in [5.41, 5.74) is 4.79. The number of rotatable bonds is 1. The van der Waals surface area contributed by atoms with Crippen molar-refractivity contribution in [2.45, 2.75) is 26.2 Å². The molecule has 0 amide bonds. The Morgan fingerprint density at radius 2 is 1.84 bits per heavy atom. The molecule has 1 N–H and O–H groups in total.